The van der Waals surface area contributed by atoms with Gasteiger partial charge in [-0.05, 0) is 59.6 Å². The van der Waals surface area contributed by atoms with Gasteiger partial charge in [0.15, 0.2) is 11.7 Å². The Bertz CT molecular complexity index is 1670. The highest BCUT2D eigenvalue weighted by molar-refractivity contribution is 7.91. The standard InChI is InChI=1S/C25H25FN4O6S3/c1-38(33,34)27-8-12-10-37-24-22(12)39(35,36)29-23(28-24)19-21(31)18-16-7-17(15-6-14(15)16)20(18)30(25(19)32)9-11-2-4-13(26)5-3-11/h2-5,10,14-20,27H,6-9H2,1H3,(H,28,29). The number of halogens is 1. The van der Waals surface area contributed by atoms with E-state index in [9.17, 15) is 30.8 Å². The summed E-state index contributed by atoms with van der Waals surface area (Å²) in [7, 11) is -7.89. The molecule has 1 amide bonds. The van der Waals surface area contributed by atoms with Gasteiger partial charge in [-0.2, -0.15) is 8.42 Å². The van der Waals surface area contributed by atoms with Crippen LogP contribution in [0.25, 0.3) is 0 Å². The quantitative estimate of drug-likeness (QED) is 0.489. The lowest BCUT2D eigenvalue weighted by atomic mass is 9.73. The zero-order chi connectivity index (χ0) is 27.4. The summed E-state index contributed by atoms with van der Waals surface area (Å²) < 4.78 is 69.4. The molecular formula is C25H25FN4O6S3. The van der Waals surface area contributed by atoms with Gasteiger partial charge in [-0.25, -0.2) is 17.5 Å². The summed E-state index contributed by atoms with van der Waals surface area (Å²) >= 11 is 1.04. The highest BCUT2D eigenvalue weighted by atomic mass is 32.2. The van der Waals surface area contributed by atoms with Crippen LogP contribution in [0.2, 0.25) is 0 Å². The lowest BCUT2D eigenvalue weighted by molar-refractivity contribution is -0.153. The summed E-state index contributed by atoms with van der Waals surface area (Å²) in [5.41, 5.74) is 0.948. The number of sulfonamides is 2. The average Bonchev–Trinajstić information content (AvgIpc) is 3.22. The minimum atomic E-state index is -4.32. The monoisotopic (exact) mass is 592 g/mol. The van der Waals surface area contributed by atoms with Gasteiger partial charge in [-0.3, -0.25) is 9.59 Å². The van der Waals surface area contributed by atoms with Gasteiger partial charge in [0, 0.05) is 30.6 Å². The third-order valence-electron chi connectivity index (χ3n) is 8.91. The van der Waals surface area contributed by atoms with Crippen molar-refractivity contribution in [3.63, 3.8) is 0 Å². The van der Waals surface area contributed by atoms with Crippen molar-refractivity contribution < 1.29 is 30.8 Å². The minimum Gasteiger partial charge on any atom is -0.333 e. The Morgan fingerprint density at radius 1 is 1.13 bits per heavy atom. The van der Waals surface area contributed by atoms with E-state index in [0.29, 0.717) is 11.8 Å². The van der Waals surface area contributed by atoms with E-state index >= 15 is 0 Å². The summed E-state index contributed by atoms with van der Waals surface area (Å²) in [6.45, 7) is -0.0468. The van der Waals surface area contributed by atoms with Crippen molar-refractivity contribution in [1.82, 2.24) is 9.62 Å². The maximum atomic E-state index is 14.0. The van der Waals surface area contributed by atoms with E-state index in [4.69, 9.17) is 0 Å². The summed E-state index contributed by atoms with van der Waals surface area (Å²) in [4.78, 5) is 29.5. The normalized spacial score (nSPS) is 33.7. The molecule has 0 spiro atoms. The lowest BCUT2D eigenvalue weighted by Gasteiger charge is -2.45. The number of nitrogens with zero attached hydrogens (tertiary/aromatic N) is 2. The van der Waals surface area contributed by atoms with E-state index < -0.39 is 37.8 Å². The number of Topliss-reactive ketones (excluding diaryl/α,β-unsaturated/α-hetero) is 1. The molecular weight excluding hydrogens is 567 g/mol. The predicted molar refractivity (Wildman–Crippen MR) is 140 cm³/mol. The molecule has 2 N–H and O–H groups in total. The Labute approximate surface area is 228 Å². The number of amidine groups is 1. The molecule has 7 atom stereocenters. The number of ketones is 1. The fourth-order valence-electron chi connectivity index (χ4n) is 7.38. The van der Waals surface area contributed by atoms with Crippen LogP contribution in [0.5, 0.6) is 0 Å². The number of anilines is 1. The van der Waals surface area contributed by atoms with Crippen molar-refractivity contribution in [2.24, 2.45) is 39.9 Å². The molecule has 1 saturated heterocycles. The van der Waals surface area contributed by atoms with Gasteiger partial charge in [-0.1, -0.05) is 12.1 Å². The van der Waals surface area contributed by atoms with E-state index in [2.05, 4.69) is 14.4 Å². The number of rotatable bonds is 6. The third kappa shape index (κ3) is 3.98. The number of likely N-dealkylation sites (tertiary alicyclic amines) is 1. The first kappa shape index (κ1) is 25.3. The molecule has 2 aromatic rings. The molecule has 39 heavy (non-hydrogen) atoms. The first-order valence-electron chi connectivity index (χ1n) is 12.7. The number of amides is 1. The lowest BCUT2D eigenvalue weighted by Crippen LogP contribution is -2.61. The van der Waals surface area contributed by atoms with Crippen LogP contribution in [-0.2, 0) is 42.7 Å². The van der Waals surface area contributed by atoms with Crippen LogP contribution in [0.4, 0.5) is 9.39 Å². The Morgan fingerprint density at radius 2 is 1.82 bits per heavy atom. The van der Waals surface area contributed by atoms with Gasteiger partial charge in [0.25, 0.3) is 10.0 Å². The Balaban J connectivity index is 1.25. The van der Waals surface area contributed by atoms with Crippen LogP contribution in [0, 0.1) is 41.3 Å². The molecule has 14 heteroatoms. The molecule has 10 nitrogen and oxygen atoms in total. The first-order chi connectivity index (χ1) is 18.4. The van der Waals surface area contributed by atoms with Gasteiger partial charge in [0.1, 0.15) is 21.5 Å². The largest absolute Gasteiger partial charge is 0.333 e. The SMILES string of the molecule is CS(=O)(=O)NCc1csc2c1S(=O)(=O)N=C(C1C(=O)C3C4CC(C5CC54)C3N(Cc3ccc(F)cc3)C1=O)N2. The average molecular weight is 593 g/mol. The van der Waals surface area contributed by atoms with Gasteiger partial charge in [0.2, 0.25) is 15.9 Å². The van der Waals surface area contributed by atoms with E-state index in [1.54, 1.807) is 17.0 Å². The second-order valence-corrected chi connectivity index (χ2v) is 15.4. The third-order valence-corrected chi connectivity index (χ3v) is 12.1. The summed E-state index contributed by atoms with van der Waals surface area (Å²) in [6.07, 6.45) is 2.90. The van der Waals surface area contributed by atoms with Crippen molar-refractivity contribution in [3.05, 3.63) is 46.6 Å². The summed E-state index contributed by atoms with van der Waals surface area (Å²) in [5.74, 6) is -1.82. The predicted octanol–water partition coefficient (Wildman–Crippen LogP) is 1.95. The summed E-state index contributed by atoms with van der Waals surface area (Å²) in [6, 6.07) is 5.62. The zero-order valence-corrected chi connectivity index (χ0v) is 23.2. The molecule has 5 aliphatic rings. The van der Waals surface area contributed by atoms with Crippen molar-refractivity contribution in [2.45, 2.75) is 36.9 Å². The smallest absolute Gasteiger partial charge is 0.287 e. The van der Waals surface area contributed by atoms with Crippen LogP contribution >= 0.6 is 11.3 Å². The molecule has 1 aromatic heterocycles. The molecule has 2 aliphatic heterocycles. The number of benzene rings is 1. The molecule has 3 aliphatic carbocycles. The van der Waals surface area contributed by atoms with Crippen molar-refractivity contribution >= 4 is 53.9 Å². The number of fused-ring (bicyclic) bond motifs is 9. The molecule has 7 rings (SSSR count). The molecule has 4 fully saturated rings. The van der Waals surface area contributed by atoms with Crippen LogP contribution in [-0.4, -0.2) is 51.6 Å². The molecule has 1 aromatic carbocycles. The molecule has 206 valence electrons. The Kier molecular flexibility index (Phi) is 5.46. The number of hydrogen-bond acceptors (Lipinski definition) is 8. The second kappa shape index (κ2) is 8.41. The van der Waals surface area contributed by atoms with Gasteiger partial charge < -0.3 is 10.2 Å². The van der Waals surface area contributed by atoms with Gasteiger partial charge in [-0.15, -0.1) is 15.7 Å². The number of piperidine rings is 1. The van der Waals surface area contributed by atoms with E-state index in [-0.39, 0.29) is 63.9 Å². The van der Waals surface area contributed by atoms with E-state index in [1.807, 2.05) is 0 Å². The molecule has 2 bridgehead atoms. The maximum absolute atomic E-state index is 14.0. The van der Waals surface area contributed by atoms with Crippen LogP contribution in [0.3, 0.4) is 0 Å². The fraction of sp³-hybridized carbons (Fsp3) is 0.480. The fourth-order valence-corrected chi connectivity index (χ4v) is 10.4. The number of carbonyl (C=O) groups excluding carboxylic acids is 2. The van der Waals surface area contributed by atoms with E-state index in [0.717, 1.165) is 36.0 Å². The highest BCUT2D eigenvalue weighted by Gasteiger charge is 2.71. The summed E-state index contributed by atoms with van der Waals surface area (Å²) in [5, 5.41) is 4.63. The van der Waals surface area contributed by atoms with Gasteiger partial charge >= 0.3 is 0 Å². The molecule has 3 saturated carbocycles. The van der Waals surface area contributed by atoms with E-state index in [1.165, 1.54) is 17.5 Å². The van der Waals surface area contributed by atoms with Gasteiger partial charge in [0.05, 0.1) is 6.26 Å². The molecule has 7 unspecified atom stereocenters. The number of hydrogen-bond donors (Lipinski definition) is 2. The van der Waals surface area contributed by atoms with Crippen molar-refractivity contribution in [2.75, 3.05) is 11.6 Å². The van der Waals surface area contributed by atoms with Crippen LogP contribution in [0.15, 0.2) is 38.9 Å². The number of thiophene rings is 1. The van der Waals surface area contributed by atoms with Crippen molar-refractivity contribution in [3.8, 4) is 0 Å². The van der Waals surface area contributed by atoms with Crippen LogP contribution < -0.4 is 10.0 Å². The highest BCUT2D eigenvalue weighted by Crippen LogP contribution is 2.69. The Morgan fingerprint density at radius 3 is 2.54 bits per heavy atom. The molecule has 0 radical (unpaired) electrons. The number of nitrogens with one attached hydrogen (secondary N) is 2. The maximum Gasteiger partial charge on any atom is 0.287 e. The molecule has 3 heterocycles. The minimum absolute atomic E-state index is 0.162. The topological polar surface area (TPSA) is 142 Å². The van der Waals surface area contributed by atoms with Crippen LogP contribution in [0.1, 0.15) is 24.0 Å². The van der Waals surface area contributed by atoms with Crippen molar-refractivity contribution in [1.29, 1.82) is 0 Å². The zero-order valence-electron chi connectivity index (χ0n) is 20.7. The first-order valence-corrected chi connectivity index (χ1v) is 16.9. The Hall–Kier alpha value is -2.68. The number of carbonyl (C=O) groups is 2. The second-order valence-electron chi connectivity index (χ2n) is 11.2.